The van der Waals surface area contributed by atoms with Crippen LogP contribution >= 0.6 is 35.0 Å². The van der Waals surface area contributed by atoms with Crippen molar-refractivity contribution in [1.29, 1.82) is 5.26 Å². The molecule has 2 N–H and O–H groups in total. The monoisotopic (exact) mass is 561 g/mol. The lowest BCUT2D eigenvalue weighted by Gasteiger charge is -2.31. The Bertz CT molecular complexity index is 1300. The molecule has 2 atom stereocenters. The van der Waals surface area contributed by atoms with Gasteiger partial charge in [-0.25, -0.2) is 0 Å². The fourth-order valence-corrected chi connectivity index (χ4v) is 5.39. The number of esters is 1. The average molecular weight is 562 g/mol. The molecular weight excluding hydrogens is 537 g/mol. The molecule has 0 saturated carbocycles. The van der Waals surface area contributed by atoms with E-state index in [1.807, 2.05) is 26.0 Å². The molecule has 1 aliphatic heterocycles. The molecule has 0 fully saturated rings. The van der Waals surface area contributed by atoms with Crippen molar-refractivity contribution in [3.63, 3.8) is 0 Å². The summed E-state index contributed by atoms with van der Waals surface area (Å²) < 4.78 is 10.3. The highest BCUT2D eigenvalue weighted by atomic mass is 35.5. The smallest absolute Gasteiger partial charge is 0.319 e. The van der Waals surface area contributed by atoms with Gasteiger partial charge in [0.15, 0.2) is 5.75 Å². The Kier molecular flexibility index (Phi) is 9.49. The van der Waals surface area contributed by atoms with Gasteiger partial charge >= 0.3 is 5.97 Å². The predicted octanol–water partition coefficient (Wildman–Crippen LogP) is 5.12. The van der Waals surface area contributed by atoms with Gasteiger partial charge in [-0.3, -0.25) is 14.4 Å². The Morgan fingerprint density at radius 1 is 1.22 bits per heavy atom. The second-order valence-electron chi connectivity index (χ2n) is 8.15. The molecule has 0 spiro atoms. The fourth-order valence-electron chi connectivity index (χ4n) is 3.93. The van der Waals surface area contributed by atoms with E-state index >= 15 is 0 Å². The third-order valence-electron chi connectivity index (χ3n) is 5.88. The minimum absolute atomic E-state index is 0.0795. The van der Waals surface area contributed by atoms with Crippen molar-refractivity contribution in [2.75, 3.05) is 24.8 Å². The second kappa shape index (κ2) is 12.4. The van der Waals surface area contributed by atoms with Crippen molar-refractivity contribution >= 4 is 58.4 Å². The second-order valence-corrected chi connectivity index (χ2v) is 9.95. The van der Waals surface area contributed by atoms with Crippen LogP contribution in [0.3, 0.4) is 0 Å². The van der Waals surface area contributed by atoms with Crippen molar-refractivity contribution < 1.29 is 23.9 Å². The number of carbonyl (C=O) groups excluding carboxylic acids is 3. The SMILES string of the molecule is CCOc1c(Cl)cc([C@H]2C(C#N)=C(SCC(=O)Nc3cccc(C)c3C)NC(=O)[C@@H]2C(=O)OC)cc1Cl. The highest BCUT2D eigenvalue weighted by molar-refractivity contribution is 8.03. The van der Waals surface area contributed by atoms with Gasteiger partial charge in [0.25, 0.3) is 0 Å². The van der Waals surface area contributed by atoms with Crippen LogP contribution in [0.2, 0.25) is 10.0 Å². The number of anilines is 1. The molecule has 3 rings (SSSR count). The largest absolute Gasteiger partial charge is 0.491 e. The van der Waals surface area contributed by atoms with Crippen LogP contribution in [0.15, 0.2) is 40.9 Å². The molecule has 194 valence electrons. The fraction of sp³-hybridized carbons (Fsp3) is 0.308. The lowest BCUT2D eigenvalue weighted by molar-refractivity contribution is -0.150. The Labute approximate surface area is 229 Å². The highest BCUT2D eigenvalue weighted by Gasteiger charge is 2.44. The molecule has 37 heavy (non-hydrogen) atoms. The van der Waals surface area contributed by atoms with E-state index in [-0.39, 0.29) is 38.1 Å². The average Bonchev–Trinajstić information content (AvgIpc) is 2.86. The predicted molar refractivity (Wildman–Crippen MR) is 144 cm³/mol. The number of hydrogen-bond donors (Lipinski definition) is 2. The number of hydrogen-bond acceptors (Lipinski definition) is 7. The van der Waals surface area contributed by atoms with E-state index in [4.69, 9.17) is 32.7 Å². The molecule has 2 amide bonds. The number of nitrogens with one attached hydrogen (secondary N) is 2. The quantitative estimate of drug-likeness (QED) is 0.339. The zero-order valence-corrected chi connectivity index (χ0v) is 22.9. The van der Waals surface area contributed by atoms with E-state index < -0.39 is 23.7 Å². The van der Waals surface area contributed by atoms with E-state index in [2.05, 4.69) is 16.7 Å². The van der Waals surface area contributed by atoms with Crippen LogP contribution in [-0.2, 0) is 19.1 Å². The van der Waals surface area contributed by atoms with Crippen molar-refractivity contribution in [3.8, 4) is 11.8 Å². The number of carbonyl (C=O) groups is 3. The molecular formula is C26H25Cl2N3O5S. The molecule has 0 saturated heterocycles. The summed E-state index contributed by atoms with van der Waals surface area (Å²) >= 11 is 13.7. The Morgan fingerprint density at radius 3 is 2.49 bits per heavy atom. The number of halogens is 2. The molecule has 1 heterocycles. The zero-order chi connectivity index (χ0) is 27.3. The van der Waals surface area contributed by atoms with Gasteiger partial charge in [0.1, 0.15) is 5.92 Å². The van der Waals surface area contributed by atoms with Crippen molar-refractivity contribution in [1.82, 2.24) is 5.32 Å². The van der Waals surface area contributed by atoms with Crippen molar-refractivity contribution in [2.24, 2.45) is 5.92 Å². The van der Waals surface area contributed by atoms with Gasteiger partial charge in [0, 0.05) is 11.6 Å². The van der Waals surface area contributed by atoms with Crippen LogP contribution in [0, 0.1) is 31.1 Å². The number of amides is 2. The normalized spacial score (nSPS) is 17.1. The maximum atomic E-state index is 13.0. The van der Waals surface area contributed by atoms with E-state index in [1.165, 1.54) is 12.1 Å². The molecule has 0 radical (unpaired) electrons. The lowest BCUT2D eigenvalue weighted by Crippen LogP contribution is -2.44. The summed E-state index contributed by atoms with van der Waals surface area (Å²) in [6.45, 7) is 5.94. The minimum Gasteiger partial charge on any atom is -0.491 e. The number of nitriles is 1. The first-order chi connectivity index (χ1) is 17.6. The number of allylic oxidation sites excluding steroid dienone is 1. The topological polar surface area (TPSA) is 118 Å². The van der Waals surface area contributed by atoms with Crippen LogP contribution < -0.4 is 15.4 Å². The molecule has 1 aliphatic rings. The van der Waals surface area contributed by atoms with E-state index in [0.29, 0.717) is 17.9 Å². The molecule has 11 heteroatoms. The highest BCUT2D eigenvalue weighted by Crippen LogP contribution is 2.44. The molecule has 0 bridgehead atoms. The number of thioether (sulfide) groups is 1. The summed E-state index contributed by atoms with van der Waals surface area (Å²) in [6, 6.07) is 10.7. The number of rotatable bonds is 8. The summed E-state index contributed by atoms with van der Waals surface area (Å²) in [6.07, 6.45) is 0. The number of benzene rings is 2. The van der Waals surface area contributed by atoms with Gasteiger partial charge < -0.3 is 20.1 Å². The van der Waals surface area contributed by atoms with Crippen LogP contribution in [0.25, 0.3) is 0 Å². The third-order valence-corrected chi connectivity index (χ3v) is 7.46. The van der Waals surface area contributed by atoms with E-state index in [9.17, 15) is 19.6 Å². The van der Waals surface area contributed by atoms with Crippen molar-refractivity contribution in [2.45, 2.75) is 26.7 Å². The van der Waals surface area contributed by atoms with Crippen molar-refractivity contribution in [3.05, 3.63) is 67.7 Å². The zero-order valence-electron chi connectivity index (χ0n) is 20.6. The standard InChI is InChI=1S/C26H25Cl2N3O5S/c1-5-36-23-17(27)9-15(10-18(23)28)21-16(11-29)25(31-24(33)22(21)26(34)35-4)37-12-20(32)30-19-8-6-7-13(2)14(19)3/h6-10,21-22H,5,12H2,1-4H3,(H,30,32)(H,31,33)/t21-,22+/m0/s1. The summed E-state index contributed by atoms with van der Waals surface area (Å²) in [5, 5.41) is 16.0. The molecule has 2 aromatic carbocycles. The van der Waals surface area contributed by atoms with Crippen LogP contribution in [0.4, 0.5) is 5.69 Å². The first-order valence-electron chi connectivity index (χ1n) is 11.3. The minimum atomic E-state index is -1.36. The maximum absolute atomic E-state index is 13.0. The number of aryl methyl sites for hydroxylation is 1. The van der Waals surface area contributed by atoms with Crippen LogP contribution in [-0.4, -0.2) is 37.3 Å². The van der Waals surface area contributed by atoms with Gasteiger partial charge in [0.05, 0.1) is 46.2 Å². The maximum Gasteiger partial charge on any atom is 0.319 e. The lowest BCUT2D eigenvalue weighted by atomic mass is 9.78. The van der Waals surface area contributed by atoms with E-state index in [0.717, 1.165) is 30.0 Å². The molecule has 0 aromatic heterocycles. The van der Waals surface area contributed by atoms with Gasteiger partial charge in [-0.05, 0) is 55.7 Å². The van der Waals surface area contributed by atoms with Gasteiger partial charge in [-0.15, -0.1) is 0 Å². The summed E-state index contributed by atoms with van der Waals surface area (Å²) in [5.74, 6) is -4.06. The molecule has 0 aliphatic carbocycles. The van der Waals surface area contributed by atoms with Crippen LogP contribution in [0.5, 0.6) is 5.75 Å². The summed E-state index contributed by atoms with van der Waals surface area (Å²) in [4.78, 5) is 38.3. The third kappa shape index (κ3) is 6.21. The van der Waals surface area contributed by atoms with Gasteiger partial charge in [-0.1, -0.05) is 47.1 Å². The first kappa shape index (κ1) is 28.4. The number of ether oxygens (including phenoxy) is 2. The summed E-state index contributed by atoms with van der Waals surface area (Å²) in [7, 11) is 1.16. The Morgan fingerprint density at radius 2 is 1.89 bits per heavy atom. The Hall–Kier alpha value is -3.19. The number of methoxy groups -OCH3 is 1. The van der Waals surface area contributed by atoms with E-state index in [1.54, 1.807) is 13.0 Å². The van der Waals surface area contributed by atoms with Gasteiger partial charge in [-0.2, -0.15) is 5.26 Å². The molecule has 2 aromatic rings. The first-order valence-corrected chi connectivity index (χ1v) is 13.0. The molecule has 8 nitrogen and oxygen atoms in total. The van der Waals surface area contributed by atoms with Gasteiger partial charge in [0.2, 0.25) is 11.8 Å². The Balaban J connectivity index is 1.97. The molecule has 0 unspecified atom stereocenters. The summed E-state index contributed by atoms with van der Waals surface area (Å²) in [5.41, 5.74) is 3.09. The van der Waals surface area contributed by atoms with Crippen LogP contribution in [0.1, 0.15) is 29.5 Å². The number of nitrogens with zero attached hydrogens (tertiary/aromatic N) is 1.